The molecule has 0 bridgehead atoms. The third-order valence-electron chi connectivity index (χ3n) is 6.57. The van der Waals surface area contributed by atoms with Crippen LogP contribution in [0.4, 0.5) is 4.39 Å². The van der Waals surface area contributed by atoms with Crippen molar-refractivity contribution in [3.63, 3.8) is 0 Å². The van der Waals surface area contributed by atoms with Gasteiger partial charge in [-0.15, -0.1) is 11.3 Å². The summed E-state index contributed by atoms with van der Waals surface area (Å²) in [4.78, 5) is 37.1. The predicted octanol–water partition coefficient (Wildman–Crippen LogP) is 3.43. The van der Waals surface area contributed by atoms with Crippen LogP contribution in [0.3, 0.4) is 0 Å². The molecule has 1 amide bonds. The number of halogens is 1. The number of nitrogens with zero attached hydrogens (tertiary/aromatic N) is 2. The summed E-state index contributed by atoms with van der Waals surface area (Å²) >= 11 is 3.23. The maximum Gasteiger partial charge on any atom is 0.259 e. The first-order valence-corrected chi connectivity index (χ1v) is 14.0. The molecule has 2 aliphatic rings. The van der Waals surface area contributed by atoms with Crippen LogP contribution in [0.1, 0.15) is 40.7 Å². The lowest BCUT2D eigenvalue weighted by Crippen LogP contribution is -2.43. The summed E-state index contributed by atoms with van der Waals surface area (Å²) < 4.78 is 18.9. The van der Waals surface area contributed by atoms with Gasteiger partial charge >= 0.3 is 0 Å². The van der Waals surface area contributed by atoms with E-state index in [4.69, 9.17) is 4.74 Å². The lowest BCUT2D eigenvalue weighted by molar-refractivity contribution is -0.121. The molecule has 1 aliphatic carbocycles. The largest absolute Gasteiger partial charge is 0.379 e. The summed E-state index contributed by atoms with van der Waals surface area (Å²) in [5, 5.41) is 3.82. The normalized spacial score (nSPS) is 16.9. The molecule has 5 rings (SSSR count). The highest BCUT2D eigenvalue weighted by Crippen LogP contribution is 2.34. The van der Waals surface area contributed by atoms with Crippen LogP contribution in [0.25, 0.3) is 10.2 Å². The topological polar surface area (TPSA) is 87.3 Å². The number of amides is 1. The van der Waals surface area contributed by atoms with Gasteiger partial charge in [0.1, 0.15) is 16.5 Å². The zero-order chi connectivity index (χ0) is 24.2. The van der Waals surface area contributed by atoms with E-state index in [1.165, 1.54) is 22.6 Å². The van der Waals surface area contributed by atoms with Crippen molar-refractivity contribution in [2.75, 3.05) is 38.6 Å². The quantitative estimate of drug-likeness (QED) is 0.424. The summed E-state index contributed by atoms with van der Waals surface area (Å²) in [6.07, 6.45) is 3.51. The van der Waals surface area contributed by atoms with E-state index in [0.717, 1.165) is 48.1 Å². The van der Waals surface area contributed by atoms with Crippen LogP contribution in [0, 0.1) is 5.82 Å². The fraction of sp³-hybridized carbons (Fsp3) is 0.480. The van der Waals surface area contributed by atoms with Crippen LogP contribution in [0.2, 0.25) is 0 Å². The summed E-state index contributed by atoms with van der Waals surface area (Å²) in [6, 6.07) is 6.46. The SMILES string of the molecule is O=C(CCSCc1nc2sc3c(c2c(=O)[nH]1)CCC3)NC[C@@H](c1ccc(F)cc1)N1CCOCC1. The van der Waals surface area contributed by atoms with Crippen molar-refractivity contribution < 1.29 is 13.9 Å². The van der Waals surface area contributed by atoms with E-state index >= 15 is 0 Å². The molecule has 3 aromatic rings. The van der Waals surface area contributed by atoms with Crippen molar-refractivity contribution in [1.29, 1.82) is 0 Å². The van der Waals surface area contributed by atoms with Crippen LogP contribution in [-0.2, 0) is 28.1 Å². The molecule has 10 heteroatoms. The predicted molar refractivity (Wildman–Crippen MR) is 138 cm³/mol. The summed E-state index contributed by atoms with van der Waals surface area (Å²) in [5.41, 5.74) is 2.12. The lowest BCUT2D eigenvalue weighted by atomic mass is 10.0. The number of rotatable bonds is 9. The highest BCUT2D eigenvalue weighted by Gasteiger charge is 2.24. The molecule has 1 aromatic carbocycles. The number of benzene rings is 1. The monoisotopic (exact) mass is 516 g/mol. The minimum atomic E-state index is -0.270. The van der Waals surface area contributed by atoms with E-state index in [0.29, 0.717) is 43.5 Å². The minimum Gasteiger partial charge on any atom is -0.379 e. The zero-order valence-electron chi connectivity index (χ0n) is 19.5. The Kier molecular flexibility index (Phi) is 7.81. The van der Waals surface area contributed by atoms with E-state index in [2.05, 4.69) is 20.2 Å². The fourth-order valence-corrected chi connectivity index (χ4v) is 6.86. The number of carbonyl (C=O) groups is 1. The van der Waals surface area contributed by atoms with Gasteiger partial charge < -0.3 is 15.0 Å². The number of H-pyrrole nitrogens is 1. The number of aromatic nitrogens is 2. The molecule has 1 atom stereocenters. The van der Waals surface area contributed by atoms with Gasteiger partial charge in [-0.2, -0.15) is 11.8 Å². The number of hydrogen-bond acceptors (Lipinski definition) is 7. The number of ether oxygens (including phenoxy) is 1. The van der Waals surface area contributed by atoms with Gasteiger partial charge in [0.25, 0.3) is 5.56 Å². The highest BCUT2D eigenvalue weighted by atomic mass is 32.2. The Labute approximate surface area is 211 Å². The summed E-state index contributed by atoms with van der Waals surface area (Å²) in [7, 11) is 0. The molecule has 0 spiro atoms. The molecule has 1 fully saturated rings. The number of fused-ring (bicyclic) bond motifs is 3. The Morgan fingerprint density at radius 3 is 2.86 bits per heavy atom. The highest BCUT2D eigenvalue weighted by molar-refractivity contribution is 7.98. The van der Waals surface area contributed by atoms with Gasteiger partial charge in [0.05, 0.1) is 30.4 Å². The van der Waals surface area contributed by atoms with Gasteiger partial charge in [0.15, 0.2) is 0 Å². The molecule has 2 aromatic heterocycles. The molecular formula is C25H29FN4O3S2. The molecule has 3 heterocycles. The Morgan fingerprint density at radius 2 is 2.06 bits per heavy atom. The first kappa shape index (κ1) is 24.4. The minimum absolute atomic E-state index is 0.0236. The number of thiophene rings is 1. The number of aryl methyl sites for hydroxylation is 2. The summed E-state index contributed by atoms with van der Waals surface area (Å²) in [5.74, 6) is 1.56. The van der Waals surface area contributed by atoms with Crippen molar-refractivity contribution >= 4 is 39.2 Å². The molecule has 186 valence electrons. The molecule has 0 radical (unpaired) electrons. The number of hydrogen-bond donors (Lipinski definition) is 2. The maximum atomic E-state index is 13.4. The second-order valence-electron chi connectivity index (χ2n) is 8.87. The van der Waals surface area contributed by atoms with E-state index in [1.807, 2.05) is 0 Å². The van der Waals surface area contributed by atoms with Gasteiger partial charge in [0.2, 0.25) is 5.91 Å². The van der Waals surface area contributed by atoms with Crippen molar-refractivity contribution in [2.45, 2.75) is 37.5 Å². The first-order chi connectivity index (χ1) is 17.1. The average Bonchev–Trinajstić information content (AvgIpc) is 3.45. The average molecular weight is 517 g/mol. The Hall–Kier alpha value is -2.27. The van der Waals surface area contributed by atoms with Gasteiger partial charge in [-0.25, -0.2) is 9.37 Å². The third kappa shape index (κ3) is 5.77. The van der Waals surface area contributed by atoms with Gasteiger partial charge in [-0.1, -0.05) is 12.1 Å². The lowest BCUT2D eigenvalue weighted by Gasteiger charge is -2.35. The standard InChI is InChI=1S/C25H29FN4O3S2/c26-17-6-4-16(5-7-17)19(30-9-11-33-12-10-30)14-27-22(31)8-13-34-15-21-28-24(32)23-18-2-1-3-20(18)35-25(23)29-21/h4-7,19H,1-3,8-15H2,(H,27,31)(H,28,29,32)/t19-/m0/s1. The number of morpholine rings is 1. The van der Waals surface area contributed by atoms with E-state index in [1.54, 1.807) is 35.2 Å². The second-order valence-corrected chi connectivity index (χ2v) is 11.1. The molecule has 1 saturated heterocycles. The van der Waals surface area contributed by atoms with Gasteiger partial charge in [0, 0.05) is 36.7 Å². The molecule has 35 heavy (non-hydrogen) atoms. The second kappa shape index (κ2) is 11.2. The van der Waals surface area contributed by atoms with Crippen LogP contribution >= 0.6 is 23.1 Å². The van der Waals surface area contributed by atoms with Crippen molar-refractivity contribution in [2.24, 2.45) is 0 Å². The van der Waals surface area contributed by atoms with Gasteiger partial charge in [-0.3, -0.25) is 14.5 Å². The van der Waals surface area contributed by atoms with E-state index in [-0.39, 0.29) is 23.3 Å². The van der Waals surface area contributed by atoms with Crippen molar-refractivity contribution in [3.05, 3.63) is 62.3 Å². The molecule has 0 saturated carbocycles. The molecule has 1 aliphatic heterocycles. The number of thioether (sulfide) groups is 1. The smallest absolute Gasteiger partial charge is 0.259 e. The van der Waals surface area contributed by atoms with Crippen molar-refractivity contribution in [1.82, 2.24) is 20.2 Å². The zero-order valence-corrected chi connectivity index (χ0v) is 21.1. The van der Waals surface area contributed by atoms with Crippen LogP contribution in [0.5, 0.6) is 0 Å². The van der Waals surface area contributed by atoms with Crippen LogP contribution < -0.4 is 10.9 Å². The molecule has 7 nitrogen and oxygen atoms in total. The number of aromatic amines is 1. The van der Waals surface area contributed by atoms with Crippen LogP contribution in [0.15, 0.2) is 29.1 Å². The third-order valence-corrected chi connectivity index (χ3v) is 8.73. The van der Waals surface area contributed by atoms with Gasteiger partial charge in [-0.05, 0) is 42.5 Å². The molecular weight excluding hydrogens is 487 g/mol. The molecule has 2 N–H and O–H groups in total. The fourth-order valence-electron chi connectivity index (χ4n) is 4.78. The van der Waals surface area contributed by atoms with E-state index < -0.39 is 0 Å². The summed E-state index contributed by atoms with van der Waals surface area (Å²) in [6.45, 7) is 3.31. The maximum absolute atomic E-state index is 13.4. The molecule has 0 unspecified atom stereocenters. The Balaban J connectivity index is 1.12. The Bertz CT molecular complexity index is 1240. The van der Waals surface area contributed by atoms with E-state index in [9.17, 15) is 14.0 Å². The van der Waals surface area contributed by atoms with Crippen molar-refractivity contribution in [3.8, 4) is 0 Å². The van der Waals surface area contributed by atoms with Crippen LogP contribution in [-0.4, -0.2) is 59.4 Å². The first-order valence-electron chi connectivity index (χ1n) is 12.0. The Morgan fingerprint density at radius 1 is 1.26 bits per heavy atom. The number of nitrogens with one attached hydrogen (secondary N) is 2. The number of carbonyl (C=O) groups excluding carboxylic acids is 1.